The number of nitrogens with one attached hydrogen (secondary N) is 1. The van der Waals surface area contributed by atoms with Crippen molar-refractivity contribution >= 4 is 28.1 Å². The Kier molecular flexibility index (Phi) is 5.48. The molecule has 0 amide bonds. The van der Waals surface area contributed by atoms with Crippen molar-refractivity contribution in [3.05, 3.63) is 102 Å². The highest BCUT2D eigenvalue weighted by molar-refractivity contribution is 7.19. The van der Waals surface area contributed by atoms with Crippen LogP contribution in [0.25, 0.3) is 27.4 Å². The maximum atomic E-state index is 6.09. The van der Waals surface area contributed by atoms with Crippen LogP contribution in [0.2, 0.25) is 5.02 Å². The smallest absolute Gasteiger partial charge is 0.184 e. The second kappa shape index (κ2) is 8.71. The normalized spacial score (nSPS) is 10.9. The van der Waals surface area contributed by atoms with Gasteiger partial charge in [-0.25, -0.2) is 9.67 Å². The summed E-state index contributed by atoms with van der Waals surface area (Å²) >= 11 is 7.70. The zero-order valence-electron chi connectivity index (χ0n) is 16.4. The van der Waals surface area contributed by atoms with Crippen molar-refractivity contribution in [2.24, 2.45) is 0 Å². The molecule has 31 heavy (non-hydrogen) atoms. The Bertz CT molecular complexity index is 1280. The summed E-state index contributed by atoms with van der Waals surface area (Å²) < 4.78 is 1.77. The third-order valence-electron chi connectivity index (χ3n) is 4.76. The van der Waals surface area contributed by atoms with Crippen LogP contribution >= 0.6 is 22.9 Å². The lowest BCUT2D eigenvalue weighted by atomic mass is 10.1. The Balaban J connectivity index is 1.41. The average molecular weight is 444 g/mol. The zero-order valence-corrected chi connectivity index (χ0v) is 18.0. The van der Waals surface area contributed by atoms with Gasteiger partial charge in [-0.15, -0.1) is 5.10 Å². The molecule has 0 saturated heterocycles. The second-order valence-electron chi connectivity index (χ2n) is 6.91. The molecule has 0 atom stereocenters. The highest BCUT2D eigenvalue weighted by atomic mass is 35.5. The number of nitrogens with zero attached hydrogens (tertiary/aromatic N) is 4. The van der Waals surface area contributed by atoms with Gasteiger partial charge in [-0.3, -0.25) is 0 Å². The van der Waals surface area contributed by atoms with Gasteiger partial charge in [0.25, 0.3) is 0 Å². The molecule has 0 aliphatic heterocycles. The number of para-hydroxylation sites is 1. The summed E-state index contributed by atoms with van der Waals surface area (Å²) in [6, 6.07) is 28.0. The summed E-state index contributed by atoms with van der Waals surface area (Å²) in [7, 11) is 0. The average Bonchev–Trinajstić information content (AvgIpc) is 3.47. The van der Waals surface area contributed by atoms with Gasteiger partial charge in [-0.2, -0.15) is 0 Å². The molecular formula is C24H18ClN5S. The lowest BCUT2D eigenvalue weighted by molar-refractivity contribution is 0.798. The van der Waals surface area contributed by atoms with Crippen LogP contribution in [0.1, 0.15) is 5.69 Å². The van der Waals surface area contributed by atoms with E-state index < -0.39 is 0 Å². The molecular weight excluding hydrogens is 426 g/mol. The number of hydrogen-bond acceptors (Lipinski definition) is 5. The molecule has 0 bridgehead atoms. The Morgan fingerprint density at radius 3 is 2.29 bits per heavy atom. The predicted molar refractivity (Wildman–Crippen MR) is 127 cm³/mol. The van der Waals surface area contributed by atoms with Gasteiger partial charge >= 0.3 is 0 Å². The fourth-order valence-corrected chi connectivity index (χ4v) is 4.35. The van der Waals surface area contributed by atoms with Gasteiger partial charge in [-0.1, -0.05) is 88.8 Å². The molecule has 0 unspecified atom stereocenters. The van der Waals surface area contributed by atoms with E-state index in [9.17, 15) is 0 Å². The highest BCUT2D eigenvalue weighted by Gasteiger charge is 2.15. The van der Waals surface area contributed by atoms with E-state index in [0.717, 1.165) is 43.2 Å². The maximum Gasteiger partial charge on any atom is 0.184 e. The molecule has 2 aromatic heterocycles. The molecule has 2 heterocycles. The first kappa shape index (κ1) is 19.5. The van der Waals surface area contributed by atoms with Crippen LogP contribution in [0, 0.1) is 0 Å². The minimum absolute atomic E-state index is 0.536. The highest BCUT2D eigenvalue weighted by Crippen LogP contribution is 2.39. The zero-order chi connectivity index (χ0) is 21.0. The summed E-state index contributed by atoms with van der Waals surface area (Å²) in [5, 5.41) is 13.4. The number of halogens is 1. The number of hydrogen-bond donors (Lipinski definition) is 1. The first-order valence-corrected chi connectivity index (χ1v) is 11.0. The molecule has 5 nitrogen and oxygen atoms in total. The van der Waals surface area contributed by atoms with E-state index in [1.807, 2.05) is 79.0 Å². The summed E-state index contributed by atoms with van der Waals surface area (Å²) in [6.07, 6.45) is 1.92. The molecule has 0 radical (unpaired) electrons. The number of anilines is 1. The van der Waals surface area contributed by atoms with Gasteiger partial charge in [0, 0.05) is 10.6 Å². The van der Waals surface area contributed by atoms with Crippen LogP contribution < -0.4 is 5.32 Å². The minimum Gasteiger partial charge on any atom is -0.356 e. The van der Waals surface area contributed by atoms with Crippen molar-refractivity contribution < 1.29 is 0 Å². The molecule has 0 aliphatic rings. The van der Waals surface area contributed by atoms with Crippen molar-refractivity contribution in [3.63, 3.8) is 0 Å². The SMILES string of the molecule is Clc1ccc(-c2sc(NCc3cn(-c4ccccc4)nn3)nc2-c2ccccc2)cc1. The van der Waals surface area contributed by atoms with Crippen LogP contribution in [-0.4, -0.2) is 20.0 Å². The number of thiazole rings is 1. The summed E-state index contributed by atoms with van der Waals surface area (Å²) in [5.74, 6) is 0. The van der Waals surface area contributed by atoms with E-state index in [1.54, 1.807) is 16.0 Å². The van der Waals surface area contributed by atoms with Gasteiger partial charge in [0.1, 0.15) is 5.69 Å². The van der Waals surface area contributed by atoms with Crippen LogP contribution in [-0.2, 0) is 6.54 Å². The molecule has 0 saturated carbocycles. The van der Waals surface area contributed by atoms with Crippen molar-refractivity contribution in [2.45, 2.75) is 6.54 Å². The van der Waals surface area contributed by atoms with Crippen molar-refractivity contribution in [2.75, 3.05) is 5.32 Å². The Labute approximate surface area is 189 Å². The summed E-state index contributed by atoms with van der Waals surface area (Å²) in [5.41, 5.74) is 4.93. The second-order valence-corrected chi connectivity index (χ2v) is 8.35. The quantitative estimate of drug-likeness (QED) is 0.333. The van der Waals surface area contributed by atoms with Crippen molar-refractivity contribution in [1.82, 2.24) is 20.0 Å². The lowest BCUT2D eigenvalue weighted by Crippen LogP contribution is -1.99. The van der Waals surface area contributed by atoms with E-state index >= 15 is 0 Å². The first-order valence-electron chi connectivity index (χ1n) is 9.79. The molecule has 5 rings (SSSR count). The third kappa shape index (κ3) is 4.35. The third-order valence-corrected chi connectivity index (χ3v) is 6.08. The summed E-state index contributed by atoms with van der Waals surface area (Å²) in [6.45, 7) is 0.536. The topological polar surface area (TPSA) is 55.6 Å². The molecule has 0 spiro atoms. The fraction of sp³-hybridized carbons (Fsp3) is 0.0417. The molecule has 7 heteroatoms. The van der Waals surface area contributed by atoms with Crippen LogP contribution in [0.3, 0.4) is 0 Å². The molecule has 0 fully saturated rings. The van der Waals surface area contributed by atoms with E-state index in [-0.39, 0.29) is 0 Å². The van der Waals surface area contributed by atoms with Gasteiger partial charge in [0.2, 0.25) is 0 Å². The fourth-order valence-electron chi connectivity index (χ4n) is 3.24. The summed E-state index contributed by atoms with van der Waals surface area (Å²) in [4.78, 5) is 5.97. The van der Waals surface area contributed by atoms with Crippen molar-refractivity contribution in [1.29, 1.82) is 0 Å². The van der Waals surface area contributed by atoms with Gasteiger partial charge in [0.05, 0.1) is 29.0 Å². The molecule has 1 N–H and O–H groups in total. The van der Waals surface area contributed by atoms with Gasteiger partial charge < -0.3 is 5.32 Å². The van der Waals surface area contributed by atoms with Crippen LogP contribution in [0.5, 0.6) is 0 Å². The number of aromatic nitrogens is 4. The minimum atomic E-state index is 0.536. The molecule has 3 aromatic carbocycles. The lowest BCUT2D eigenvalue weighted by Gasteiger charge is -2.02. The number of benzene rings is 3. The Morgan fingerprint density at radius 2 is 1.55 bits per heavy atom. The number of rotatable bonds is 6. The van der Waals surface area contributed by atoms with Crippen LogP contribution in [0.15, 0.2) is 91.1 Å². The Morgan fingerprint density at radius 1 is 0.839 bits per heavy atom. The van der Waals surface area contributed by atoms with Crippen molar-refractivity contribution in [3.8, 4) is 27.4 Å². The molecule has 5 aromatic rings. The van der Waals surface area contributed by atoms with E-state index in [4.69, 9.17) is 16.6 Å². The standard InChI is InChI=1S/C24H18ClN5S/c25-19-13-11-18(12-14-19)23-22(17-7-3-1-4-8-17)27-24(31-23)26-15-20-16-30(29-28-20)21-9-5-2-6-10-21/h1-14,16H,15H2,(H,26,27). The largest absolute Gasteiger partial charge is 0.356 e. The Hall–Kier alpha value is -3.48. The maximum absolute atomic E-state index is 6.09. The van der Waals surface area contributed by atoms with Gasteiger partial charge in [-0.05, 0) is 29.8 Å². The molecule has 0 aliphatic carbocycles. The van der Waals surface area contributed by atoms with E-state index in [1.165, 1.54) is 0 Å². The predicted octanol–water partition coefficient (Wildman–Crippen LogP) is 6.32. The van der Waals surface area contributed by atoms with Gasteiger partial charge in [0.15, 0.2) is 5.13 Å². The monoisotopic (exact) mass is 443 g/mol. The molecule has 152 valence electrons. The first-order chi connectivity index (χ1) is 15.3. The van der Waals surface area contributed by atoms with E-state index in [2.05, 4.69) is 27.8 Å². The van der Waals surface area contributed by atoms with Crippen LogP contribution in [0.4, 0.5) is 5.13 Å². The van der Waals surface area contributed by atoms with E-state index in [0.29, 0.717) is 6.54 Å².